The van der Waals surface area contributed by atoms with Crippen molar-refractivity contribution >= 4 is 23.6 Å². The lowest BCUT2D eigenvalue weighted by Crippen LogP contribution is -2.53. The fraction of sp³-hybridized carbons (Fsp3) is 0.556. The Labute approximate surface area is 146 Å². The number of likely N-dealkylation sites (tertiary alicyclic amines) is 1. The topological polar surface area (TPSA) is 40.6 Å². The number of thioether (sulfide) groups is 1. The Bertz CT molecular complexity index is 629. The van der Waals surface area contributed by atoms with Crippen molar-refractivity contribution in [3.05, 3.63) is 35.6 Å². The molecule has 0 saturated carbocycles. The molecule has 0 radical (unpaired) electrons. The molecule has 2 amide bonds. The van der Waals surface area contributed by atoms with E-state index in [1.807, 2.05) is 16.7 Å². The van der Waals surface area contributed by atoms with E-state index in [0.29, 0.717) is 26.1 Å². The number of hydrogen-bond donors (Lipinski definition) is 0. The molecule has 4 nitrogen and oxygen atoms in total. The van der Waals surface area contributed by atoms with Crippen LogP contribution in [-0.2, 0) is 4.79 Å². The summed E-state index contributed by atoms with van der Waals surface area (Å²) >= 11 is 1.77. The Morgan fingerprint density at radius 2 is 1.92 bits per heavy atom. The lowest BCUT2D eigenvalue weighted by atomic mass is 10.0. The van der Waals surface area contributed by atoms with Gasteiger partial charge in [-0.3, -0.25) is 9.59 Å². The molecule has 1 spiro atoms. The largest absolute Gasteiger partial charge is 0.342 e. The standard InChI is InChI=1S/C18H23FN2O2S/c1-2-5-16(22)20-10-8-18(9-11-20)21(12-13-24-18)17(23)14-6-3-4-7-15(14)19/h3-4,6-7H,2,5,8-13H2,1H3. The first-order valence-corrected chi connectivity index (χ1v) is 9.54. The zero-order valence-electron chi connectivity index (χ0n) is 14.0. The molecule has 130 valence electrons. The zero-order chi connectivity index (χ0) is 17.2. The number of carbonyl (C=O) groups is 2. The second kappa shape index (κ2) is 7.13. The van der Waals surface area contributed by atoms with Crippen molar-refractivity contribution in [1.82, 2.24) is 9.80 Å². The Balaban J connectivity index is 1.73. The molecule has 6 heteroatoms. The van der Waals surface area contributed by atoms with Crippen LogP contribution in [0.3, 0.4) is 0 Å². The van der Waals surface area contributed by atoms with Crippen LogP contribution in [0.4, 0.5) is 4.39 Å². The number of nitrogens with zero attached hydrogens (tertiary/aromatic N) is 2. The molecule has 0 bridgehead atoms. The smallest absolute Gasteiger partial charge is 0.257 e. The molecule has 0 aromatic heterocycles. The van der Waals surface area contributed by atoms with Crippen molar-refractivity contribution in [3.63, 3.8) is 0 Å². The van der Waals surface area contributed by atoms with Crippen molar-refractivity contribution in [2.24, 2.45) is 0 Å². The molecular weight excluding hydrogens is 327 g/mol. The number of carbonyl (C=O) groups excluding carboxylic acids is 2. The van der Waals surface area contributed by atoms with Crippen LogP contribution in [-0.4, -0.2) is 51.9 Å². The summed E-state index contributed by atoms with van der Waals surface area (Å²) < 4.78 is 14.0. The van der Waals surface area contributed by atoms with Crippen LogP contribution in [0.2, 0.25) is 0 Å². The fourth-order valence-corrected chi connectivity index (χ4v) is 5.02. The quantitative estimate of drug-likeness (QED) is 0.841. The van der Waals surface area contributed by atoms with Gasteiger partial charge in [-0.05, 0) is 31.4 Å². The lowest BCUT2D eigenvalue weighted by molar-refractivity contribution is -0.132. The Morgan fingerprint density at radius 3 is 2.58 bits per heavy atom. The maximum absolute atomic E-state index is 14.0. The molecule has 0 N–H and O–H groups in total. The zero-order valence-corrected chi connectivity index (χ0v) is 14.8. The molecule has 1 aromatic carbocycles. The number of hydrogen-bond acceptors (Lipinski definition) is 3. The van der Waals surface area contributed by atoms with E-state index in [9.17, 15) is 14.0 Å². The molecule has 3 rings (SSSR count). The van der Waals surface area contributed by atoms with Gasteiger partial charge in [-0.25, -0.2) is 4.39 Å². The van der Waals surface area contributed by atoms with Gasteiger partial charge in [0.05, 0.1) is 10.4 Å². The number of rotatable bonds is 3. The molecule has 0 atom stereocenters. The van der Waals surface area contributed by atoms with Gasteiger partial charge in [-0.1, -0.05) is 19.1 Å². The lowest BCUT2D eigenvalue weighted by Gasteiger charge is -2.44. The number of amides is 2. The van der Waals surface area contributed by atoms with E-state index in [1.165, 1.54) is 6.07 Å². The highest BCUT2D eigenvalue weighted by atomic mass is 32.2. The van der Waals surface area contributed by atoms with E-state index in [4.69, 9.17) is 0 Å². The molecule has 0 aliphatic carbocycles. The van der Waals surface area contributed by atoms with Gasteiger partial charge < -0.3 is 9.80 Å². The van der Waals surface area contributed by atoms with Gasteiger partial charge in [0.15, 0.2) is 0 Å². The Morgan fingerprint density at radius 1 is 1.21 bits per heavy atom. The van der Waals surface area contributed by atoms with Gasteiger partial charge >= 0.3 is 0 Å². The third-order valence-corrected chi connectivity index (χ3v) is 6.44. The summed E-state index contributed by atoms with van der Waals surface area (Å²) in [5.41, 5.74) is 0.142. The van der Waals surface area contributed by atoms with Crippen molar-refractivity contribution in [2.45, 2.75) is 37.5 Å². The van der Waals surface area contributed by atoms with Crippen LogP contribution in [0.5, 0.6) is 0 Å². The summed E-state index contributed by atoms with van der Waals surface area (Å²) in [5.74, 6) is 0.363. The molecular formula is C18H23FN2O2S. The minimum absolute atomic E-state index is 0.142. The Kier molecular flexibility index (Phi) is 5.13. The molecule has 2 aliphatic rings. The van der Waals surface area contributed by atoms with Crippen molar-refractivity contribution < 1.29 is 14.0 Å². The second-order valence-electron chi connectivity index (χ2n) is 6.36. The van der Waals surface area contributed by atoms with E-state index >= 15 is 0 Å². The van der Waals surface area contributed by atoms with Gasteiger partial charge in [0.1, 0.15) is 5.82 Å². The molecule has 2 heterocycles. The highest BCUT2D eigenvalue weighted by Gasteiger charge is 2.47. The predicted molar refractivity (Wildman–Crippen MR) is 93.3 cm³/mol. The van der Waals surface area contributed by atoms with Crippen LogP contribution in [0.25, 0.3) is 0 Å². The number of benzene rings is 1. The van der Waals surface area contributed by atoms with Crippen LogP contribution < -0.4 is 0 Å². The minimum atomic E-state index is -0.467. The minimum Gasteiger partial charge on any atom is -0.342 e. The number of piperidine rings is 1. The van der Waals surface area contributed by atoms with Gasteiger partial charge in [-0.2, -0.15) is 0 Å². The third kappa shape index (κ3) is 3.16. The van der Waals surface area contributed by atoms with Gasteiger partial charge in [0, 0.05) is 31.8 Å². The van der Waals surface area contributed by atoms with Gasteiger partial charge in [0.2, 0.25) is 5.91 Å². The molecule has 24 heavy (non-hydrogen) atoms. The second-order valence-corrected chi connectivity index (χ2v) is 7.82. The summed E-state index contributed by atoms with van der Waals surface area (Å²) in [6, 6.07) is 6.17. The molecule has 2 aliphatic heterocycles. The highest BCUT2D eigenvalue weighted by molar-refractivity contribution is 8.00. The van der Waals surface area contributed by atoms with E-state index in [-0.39, 0.29) is 22.2 Å². The fourth-order valence-electron chi connectivity index (χ4n) is 3.57. The van der Waals surface area contributed by atoms with E-state index < -0.39 is 5.82 Å². The molecule has 2 fully saturated rings. The summed E-state index contributed by atoms with van der Waals surface area (Å²) in [5, 5.41) is 0. The van der Waals surface area contributed by atoms with Crippen molar-refractivity contribution in [1.29, 1.82) is 0 Å². The molecule has 1 aromatic rings. The average Bonchev–Trinajstić information content (AvgIpc) is 2.98. The third-order valence-electron chi connectivity index (χ3n) is 4.89. The SMILES string of the molecule is CCCC(=O)N1CCC2(CC1)SCCN2C(=O)c1ccccc1F. The summed E-state index contributed by atoms with van der Waals surface area (Å²) in [6.07, 6.45) is 2.95. The first-order chi connectivity index (χ1) is 11.6. The highest BCUT2D eigenvalue weighted by Crippen LogP contribution is 2.44. The Hall–Kier alpha value is -1.56. The first-order valence-electron chi connectivity index (χ1n) is 8.55. The van der Waals surface area contributed by atoms with Crippen LogP contribution >= 0.6 is 11.8 Å². The van der Waals surface area contributed by atoms with E-state index in [0.717, 1.165) is 25.0 Å². The monoisotopic (exact) mass is 350 g/mol. The van der Waals surface area contributed by atoms with Gasteiger partial charge in [-0.15, -0.1) is 11.8 Å². The first kappa shape index (κ1) is 17.3. The number of halogens is 1. The summed E-state index contributed by atoms with van der Waals surface area (Å²) in [4.78, 5) is 28.4. The van der Waals surface area contributed by atoms with Crippen LogP contribution in [0, 0.1) is 5.82 Å². The normalized spacial score (nSPS) is 19.8. The predicted octanol–water partition coefficient (Wildman–Crippen LogP) is 3.13. The van der Waals surface area contributed by atoms with Gasteiger partial charge in [0.25, 0.3) is 5.91 Å². The van der Waals surface area contributed by atoms with Crippen LogP contribution in [0.15, 0.2) is 24.3 Å². The average molecular weight is 350 g/mol. The van der Waals surface area contributed by atoms with E-state index in [1.54, 1.807) is 30.0 Å². The van der Waals surface area contributed by atoms with Crippen molar-refractivity contribution in [3.8, 4) is 0 Å². The molecule has 0 unspecified atom stereocenters. The molecule has 2 saturated heterocycles. The maximum Gasteiger partial charge on any atom is 0.257 e. The van der Waals surface area contributed by atoms with Crippen LogP contribution in [0.1, 0.15) is 43.0 Å². The summed E-state index contributed by atoms with van der Waals surface area (Å²) in [7, 11) is 0. The maximum atomic E-state index is 14.0. The van der Waals surface area contributed by atoms with Crippen molar-refractivity contribution in [2.75, 3.05) is 25.4 Å². The van der Waals surface area contributed by atoms with E-state index in [2.05, 4.69) is 0 Å². The summed E-state index contributed by atoms with van der Waals surface area (Å²) in [6.45, 7) is 3.99.